The van der Waals surface area contributed by atoms with E-state index in [0.29, 0.717) is 5.13 Å². The monoisotopic (exact) mass is 264 g/mol. The highest BCUT2D eigenvalue weighted by Crippen LogP contribution is 2.27. The summed E-state index contributed by atoms with van der Waals surface area (Å²) in [6, 6.07) is 2.08. The molecule has 2 aromatic rings. The van der Waals surface area contributed by atoms with Crippen molar-refractivity contribution in [3.8, 4) is 11.3 Å². The predicted molar refractivity (Wildman–Crippen MR) is 74.8 cm³/mol. The minimum Gasteiger partial charge on any atom is -0.370 e. The van der Waals surface area contributed by atoms with Gasteiger partial charge in [-0.05, 0) is 20.2 Å². The molecule has 7 heteroatoms. The number of thiazole rings is 1. The van der Waals surface area contributed by atoms with E-state index in [1.807, 2.05) is 25.7 Å². The van der Waals surface area contributed by atoms with Crippen LogP contribution in [0, 0.1) is 0 Å². The fourth-order valence-electron chi connectivity index (χ4n) is 1.58. The first kappa shape index (κ1) is 12.6. The van der Waals surface area contributed by atoms with Gasteiger partial charge in [0.2, 0.25) is 5.13 Å². The van der Waals surface area contributed by atoms with Crippen molar-refractivity contribution in [2.24, 2.45) is 16.5 Å². The zero-order chi connectivity index (χ0) is 13.1. The summed E-state index contributed by atoms with van der Waals surface area (Å²) in [5.41, 5.74) is 13.7. The average Bonchev–Trinajstić information content (AvgIpc) is 2.85. The van der Waals surface area contributed by atoms with Gasteiger partial charge in [-0.25, -0.2) is 4.98 Å². The lowest BCUT2D eigenvalue weighted by molar-refractivity contribution is 0.398. The van der Waals surface area contributed by atoms with Crippen molar-refractivity contribution in [3.05, 3.63) is 23.3 Å². The van der Waals surface area contributed by atoms with Crippen molar-refractivity contribution in [3.63, 3.8) is 0 Å². The van der Waals surface area contributed by atoms with Crippen LogP contribution in [0.1, 0.15) is 5.69 Å². The van der Waals surface area contributed by atoms with Gasteiger partial charge in [0.05, 0.1) is 5.69 Å². The van der Waals surface area contributed by atoms with Crippen molar-refractivity contribution in [2.45, 2.75) is 6.54 Å². The van der Waals surface area contributed by atoms with Crippen molar-refractivity contribution < 1.29 is 0 Å². The van der Waals surface area contributed by atoms with Gasteiger partial charge in [-0.15, -0.1) is 11.3 Å². The summed E-state index contributed by atoms with van der Waals surface area (Å²) in [5, 5.41) is 2.50. The van der Waals surface area contributed by atoms with E-state index in [1.165, 1.54) is 11.3 Å². The first-order valence-electron chi connectivity index (χ1n) is 5.42. The number of guanidine groups is 1. The normalized spacial score (nSPS) is 10.8. The number of aliphatic imine (C=N–C) groups is 1. The third-order valence-electron chi connectivity index (χ3n) is 2.24. The zero-order valence-corrected chi connectivity index (χ0v) is 11.2. The number of nitrogens with two attached hydrogens (primary N) is 2. The Hall–Kier alpha value is -1.86. The number of hydrogen-bond acceptors (Lipinski definition) is 4. The Morgan fingerprint density at radius 1 is 1.50 bits per heavy atom. The number of hydrogen-bond donors (Lipinski definition) is 3. The molecule has 96 valence electrons. The van der Waals surface area contributed by atoms with E-state index in [9.17, 15) is 0 Å². The highest BCUT2D eigenvalue weighted by molar-refractivity contribution is 7.13. The van der Waals surface area contributed by atoms with Crippen LogP contribution < -0.4 is 11.5 Å². The molecular weight excluding hydrogens is 248 g/mol. The van der Waals surface area contributed by atoms with Crippen molar-refractivity contribution in [1.82, 2.24) is 14.9 Å². The topological polar surface area (TPSA) is 96.3 Å². The minimum atomic E-state index is 0.0262. The van der Waals surface area contributed by atoms with Crippen LogP contribution >= 0.6 is 11.3 Å². The number of rotatable bonds is 4. The van der Waals surface area contributed by atoms with Crippen LogP contribution in [0.3, 0.4) is 0 Å². The first-order chi connectivity index (χ1) is 8.54. The van der Waals surface area contributed by atoms with Crippen molar-refractivity contribution in [2.75, 3.05) is 14.1 Å². The molecule has 2 heterocycles. The van der Waals surface area contributed by atoms with Gasteiger partial charge in [0.25, 0.3) is 0 Å². The molecule has 0 atom stereocenters. The summed E-state index contributed by atoms with van der Waals surface area (Å²) in [6.07, 6.45) is 1.94. The van der Waals surface area contributed by atoms with Gasteiger partial charge in [-0.1, -0.05) is 0 Å². The molecule has 18 heavy (non-hydrogen) atoms. The Balaban J connectivity index is 2.18. The van der Waals surface area contributed by atoms with Gasteiger partial charge in [-0.2, -0.15) is 4.99 Å². The Morgan fingerprint density at radius 2 is 2.28 bits per heavy atom. The smallest absolute Gasteiger partial charge is 0.212 e. The molecule has 2 rings (SSSR count). The first-order valence-corrected chi connectivity index (χ1v) is 6.30. The number of nitrogens with one attached hydrogen (secondary N) is 1. The fourth-order valence-corrected chi connectivity index (χ4v) is 2.29. The molecule has 0 bridgehead atoms. The van der Waals surface area contributed by atoms with E-state index >= 15 is 0 Å². The fraction of sp³-hybridized carbons (Fsp3) is 0.273. The zero-order valence-electron chi connectivity index (χ0n) is 10.3. The van der Waals surface area contributed by atoms with Crippen LogP contribution in [-0.4, -0.2) is 34.9 Å². The number of H-pyrrole nitrogens is 1. The molecule has 0 unspecified atom stereocenters. The van der Waals surface area contributed by atoms with E-state index in [2.05, 4.69) is 25.9 Å². The summed E-state index contributed by atoms with van der Waals surface area (Å²) in [6.45, 7) is 0.866. The standard InChI is InChI=1S/C11H16N6S/c1-17(2)5-8-3-7(4-14-8)9-6-18-11(15-9)16-10(12)13/h3-4,6,14H,5H2,1-2H3,(H4,12,13,15,16). The molecule has 5 N–H and O–H groups in total. The largest absolute Gasteiger partial charge is 0.370 e. The number of aromatic nitrogens is 2. The molecule has 0 aliphatic heterocycles. The van der Waals surface area contributed by atoms with Crippen molar-refractivity contribution >= 4 is 22.4 Å². The maximum Gasteiger partial charge on any atom is 0.212 e. The van der Waals surface area contributed by atoms with Crippen LogP contribution in [-0.2, 0) is 6.54 Å². The molecule has 0 aliphatic rings. The molecule has 0 aromatic carbocycles. The minimum absolute atomic E-state index is 0.0262. The van der Waals surface area contributed by atoms with E-state index in [0.717, 1.165) is 23.5 Å². The lowest BCUT2D eigenvalue weighted by atomic mass is 10.2. The molecule has 2 aromatic heterocycles. The van der Waals surface area contributed by atoms with Gasteiger partial charge < -0.3 is 21.4 Å². The summed E-state index contributed by atoms with van der Waals surface area (Å²) < 4.78 is 0. The molecule has 0 saturated carbocycles. The third-order valence-corrected chi connectivity index (χ3v) is 2.98. The second kappa shape index (κ2) is 5.19. The summed E-state index contributed by atoms with van der Waals surface area (Å²) in [5.74, 6) is 0.0262. The van der Waals surface area contributed by atoms with Crippen LogP contribution in [0.2, 0.25) is 0 Å². The Morgan fingerprint density at radius 3 is 2.94 bits per heavy atom. The second-order valence-corrected chi connectivity index (χ2v) is 5.04. The van der Waals surface area contributed by atoms with Gasteiger partial charge in [0.1, 0.15) is 0 Å². The van der Waals surface area contributed by atoms with Crippen LogP contribution in [0.15, 0.2) is 22.6 Å². The Bertz CT molecular complexity index is 549. The molecule has 6 nitrogen and oxygen atoms in total. The second-order valence-electron chi connectivity index (χ2n) is 4.20. The van der Waals surface area contributed by atoms with Crippen LogP contribution in [0.4, 0.5) is 5.13 Å². The Kier molecular flexibility index (Phi) is 3.63. The van der Waals surface area contributed by atoms with Gasteiger partial charge >= 0.3 is 0 Å². The lowest BCUT2D eigenvalue weighted by Crippen LogP contribution is -2.21. The SMILES string of the molecule is CN(C)Cc1cc(-c2csc(N=C(N)N)n2)c[nH]1. The highest BCUT2D eigenvalue weighted by atomic mass is 32.1. The number of nitrogens with zero attached hydrogens (tertiary/aromatic N) is 3. The molecular formula is C11H16N6S. The maximum atomic E-state index is 5.31. The van der Waals surface area contributed by atoms with E-state index < -0.39 is 0 Å². The molecule has 0 amide bonds. The predicted octanol–water partition coefficient (Wildman–Crippen LogP) is 1.10. The average molecular weight is 264 g/mol. The van der Waals surface area contributed by atoms with Crippen LogP contribution in [0.25, 0.3) is 11.3 Å². The van der Waals surface area contributed by atoms with Crippen molar-refractivity contribution in [1.29, 1.82) is 0 Å². The van der Waals surface area contributed by atoms with E-state index in [4.69, 9.17) is 11.5 Å². The van der Waals surface area contributed by atoms with Gasteiger partial charge in [-0.3, -0.25) is 0 Å². The number of aromatic amines is 1. The van der Waals surface area contributed by atoms with E-state index in [-0.39, 0.29) is 5.96 Å². The summed E-state index contributed by atoms with van der Waals surface area (Å²) in [7, 11) is 4.06. The summed E-state index contributed by atoms with van der Waals surface area (Å²) in [4.78, 5) is 13.6. The van der Waals surface area contributed by atoms with Gasteiger partial charge in [0.15, 0.2) is 5.96 Å². The van der Waals surface area contributed by atoms with Gasteiger partial charge in [0, 0.05) is 29.4 Å². The molecule has 0 fully saturated rings. The highest BCUT2D eigenvalue weighted by Gasteiger charge is 2.07. The Labute approximate surface area is 109 Å². The van der Waals surface area contributed by atoms with Crippen LogP contribution in [0.5, 0.6) is 0 Å². The molecule has 0 radical (unpaired) electrons. The molecule has 0 spiro atoms. The lowest BCUT2D eigenvalue weighted by Gasteiger charge is -2.06. The summed E-state index contributed by atoms with van der Waals surface area (Å²) >= 11 is 1.41. The quantitative estimate of drug-likeness (QED) is 0.569. The van der Waals surface area contributed by atoms with E-state index in [1.54, 1.807) is 0 Å². The third kappa shape index (κ3) is 3.08. The molecule has 0 aliphatic carbocycles. The maximum absolute atomic E-state index is 5.31. The molecule has 0 saturated heterocycles.